The van der Waals surface area contributed by atoms with Gasteiger partial charge in [0.05, 0.1) is 0 Å². The van der Waals surface area contributed by atoms with Gasteiger partial charge in [0.1, 0.15) is 0 Å². The maximum absolute atomic E-state index is 7.33. The van der Waals surface area contributed by atoms with Crippen molar-refractivity contribution in [2.45, 2.75) is 0 Å². The molecule has 0 rings (SSSR count). The SMILES string of the molecule is Cl.O[Si](O)(O)O.[Ca+2].[H-].[H-]. The second-order valence-corrected chi connectivity index (χ2v) is 1.80. The third kappa shape index (κ3) is 92.6. The summed E-state index contributed by atoms with van der Waals surface area (Å²) >= 11 is 0. The predicted octanol–water partition coefficient (Wildman–Crippen LogP) is -2.34. The summed E-state index contributed by atoms with van der Waals surface area (Å²) in [4.78, 5) is 29.3. The summed E-state index contributed by atoms with van der Waals surface area (Å²) in [6.07, 6.45) is 0. The van der Waals surface area contributed by atoms with Crippen molar-refractivity contribution >= 4 is 59.2 Å². The Hall–Kier alpha value is 1.61. The zero-order chi connectivity index (χ0) is 4.50. The summed E-state index contributed by atoms with van der Waals surface area (Å²) < 4.78 is 0. The molecule has 7 heavy (non-hydrogen) atoms. The first kappa shape index (κ1) is 15.8. The van der Waals surface area contributed by atoms with Gasteiger partial charge >= 0.3 is 46.8 Å². The molecule has 0 aromatic rings. The number of hydrogen-bond donors (Lipinski definition) is 4. The van der Waals surface area contributed by atoms with Crippen LogP contribution in [-0.2, 0) is 0 Å². The van der Waals surface area contributed by atoms with Crippen LogP contribution in [0.4, 0.5) is 0 Å². The maximum atomic E-state index is 7.33. The molecule has 0 fully saturated rings. The third-order valence-electron chi connectivity index (χ3n) is 0. The van der Waals surface area contributed by atoms with Gasteiger partial charge in [0.15, 0.2) is 0 Å². The van der Waals surface area contributed by atoms with Crippen molar-refractivity contribution in [3.05, 3.63) is 0 Å². The van der Waals surface area contributed by atoms with Gasteiger partial charge in [0, 0.05) is 0 Å². The van der Waals surface area contributed by atoms with Crippen LogP contribution in [0.5, 0.6) is 0 Å². The zero-order valence-corrected chi connectivity index (χ0v) is 7.43. The summed E-state index contributed by atoms with van der Waals surface area (Å²) in [5.41, 5.74) is 0. The molecule has 0 heterocycles. The minimum Gasteiger partial charge on any atom is -1.00 e. The summed E-state index contributed by atoms with van der Waals surface area (Å²) in [5, 5.41) is 0. The average molecular weight is 175 g/mol. The molecule has 4 N–H and O–H groups in total. The molecule has 0 radical (unpaired) electrons. The molecule has 4 nitrogen and oxygen atoms in total. The first-order valence-electron chi connectivity index (χ1n) is 0.894. The molecule has 0 saturated heterocycles. The summed E-state index contributed by atoms with van der Waals surface area (Å²) in [6, 6.07) is 0. The zero-order valence-electron chi connectivity index (χ0n) is 5.40. The Labute approximate surface area is 80.7 Å². The van der Waals surface area contributed by atoms with Crippen LogP contribution in [0, 0.1) is 0 Å². The van der Waals surface area contributed by atoms with Gasteiger partial charge in [-0.3, -0.25) is 0 Å². The predicted molar refractivity (Wildman–Crippen MR) is 29.9 cm³/mol. The van der Waals surface area contributed by atoms with Gasteiger partial charge < -0.3 is 22.0 Å². The van der Waals surface area contributed by atoms with Crippen LogP contribution in [0.3, 0.4) is 0 Å². The van der Waals surface area contributed by atoms with Crippen molar-refractivity contribution in [3.8, 4) is 0 Å². The first-order valence-corrected chi connectivity index (χ1v) is 2.68. The normalized spacial score (nSPS) is 8.57. The molecule has 7 heteroatoms. The van der Waals surface area contributed by atoms with E-state index in [1.807, 2.05) is 0 Å². The van der Waals surface area contributed by atoms with E-state index in [4.69, 9.17) is 19.2 Å². The van der Waals surface area contributed by atoms with Crippen LogP contribution in [-0.4, -0.2) is 66.0 Å². The third-order valence-corrected chi connectivity index (χ3v) is 0. The second-order valence-electron chi connectivity index (χ2n) is 0.600. The van der Waals surface area contributed by atoms with Gasteiger partial charge in [-0.15, -0.1) is 12.4 Å². The van der Waals surface area contributed by atoms with E-state index in [0.717, 1.165) is 0 Å². The van der Waals surface area contributed by atoms with E-state index in [0.29, 0.717) is 0 Å². The van der Waals surface area contributed by atoms with E-state index < -0.39 is 9.05 Å². The van der Waals surface area contributed by atoms with Crippen LogP contribution in [0.25, 0.3) is 0 Å². The van der Waals surface area contributed by atoms with E-state index in [1.165, 1.54) is 0 Å². The molecule has 0 bridgehead atoms. The number of hydrogen-bond acceptors (Lipinski definition) is 4. The van der Waals surface area contributed by atoms with Crippen LogP contribution in [0.15, 0.2) is 0 Å². The van der Waals surface area contributed by atoms with Gasteiger partial charge in [0.25, 0.3) is 0 Å². The molecule has 44 valence electrons. The Balaban J connectivity index is -0.0000000133. The van der Waals surface area contributed by atoms with E-state index in [2.05, 4.69) is 0 Å². The van der Waals surface area contributed by atoms with Crippen molar-refractivity contribution in [2.24, 2.45) is 0 Å². The Morgan fingerprint density at radius 3 is 1.00 bits per heavy atom. The second kappa shape index (κ2) is 5.74. The van der Waals surface area contributed by atoms with Crippen molar-refractivity contribution < 1.29 is 22.0 Å². The van der Waals surface area contributed by atoms with Gasteiger partial charge in [-0.1, -0.05) is 0 Å². The fourth-order valence-corrected chi connectivity index (χ4v) is 0. The summed E-state index contributed by atoms with van der Waals surface area (Å²) in [5.74, 6) is 0. The van der Waals surface area contributed by atoms with Gasteiger partial charge in [-0.25, -0.2) is 0 Å². The molecule has 0 aliphatic heterocycles. The summed E-state index contributed by atoms with van der Waals surface area (Å²) in [6.45, 7) is 0. The Kier molecular flexibility index (Phi) is 13.0. The van der Waals surface area contributed by atoms with E-state index in [-0.39, 0.29) is 53.0 Å². The molecule has 0 saturated carbocycles. The van der Waals surface area contributed by atoms with Crippen LogP contribution < -0.4 is 0 Å². The molecule has 0 atom stereocenters. The monoisotopic (exact) mass is 174 g/mol. The quantitative estimate of drug-likeness (QED) is 0.310. The van der Waals surface area contributed by atoms with Crippen molar-refractivity contribution in [3.63, 3.8) is 0 Å². The molecule has 0 aliphatic carbocycles. The molecule has 0 aliphatic rings. The smallest absolute Gasteiger partial charge is 1.00 e. The fourth-order valence-electron chi connectivity index (χ4n) is 0. The minimum absolute atomic E-state index is 0. The Bertz CT molecular complexity index is 34.0. The molecule has 0 aromatic carbocycles. The average Bonchev–Trinajstić information content (AvgIpc) is 0.722. The Morgan fingerprint density at radius 1 is 1.00 bits per heavy atom. The molecule has 0 amide bonds. The summed E-state index contributed by atoms with van der Waals surface area (Å²) in [7, 11) is -4.61. The van der Waals surface area contributed by atoms with Crippen molar-refractivity contribution in [2.75, 3.05) is 0 Å². The fraction of sp³-hybridized carbons (Fsp3) is 0. The van der Waals surface area contributed by atoms with E-state index in [1.54, 1.807) is 0 Å². The molecule has 0 unspecified atom stereocenters. The van der Waals surface area contributed by atoms with Crippen LogP contribution in [0.2, 0.25) is 0 Å². The topological polar surface area (TPSA) is 80.9 Å². The largest absolute Gasteiger partial charge is 2.00 e. The van der Waals surface area contributed by atoms with Crippen molar-refractivity contribution in [1.82, 2.24) is 0 Å². The molecular formula is H7CaClO4Si. The van der Waals surface area contributed by atoms with Crippen LogP contribution >= 0.6 is 12.4 Å². The van der Waals surface area contributed by atoms with Gasteiger partial charge in [0.2, 0.25) is 0 Å². The first-order chi connectivity index (χ1) is 2.00. The van der Waals surface area contributed by atoms with E-state index >= 15 is 0 Å². The number of halogens is 1. The molecule has 0 aromatic heterocycles. The number of rotatable bonds is 0. The standard InChI is InChI=1S/Ca.ClH.H4O4Si.2H/c;;1-5(2,3)4;;/h;1H;1-4H;;/q+2;;;2*-1. The molecule has 0 spiro atoms. The van der Waals surface area contributed by atoms with E-state index in [9.17, 15) is 0 Å². The van der Waals surface area contributed by atoms with Gasteiger partial charge in [-0.2, -0.15) is 0 Å². The van der Waals surface area contributed by atoms with Gasteiger partial charge in [-0.05, 0) is 0 Å². The Morgan fingerprint density at radius 2 is 1.00 bits per heavy atom. The minimum atomic E-state index is -4.61. The van der Waals surface area contributed by atoms with Crippen LogP contribution in [0.1, 0.15) is 2.85 Å². The van der Waals surface area contributed by atoms with Crippen molar-refractivity contribution in [1.29, 1.82) is 0 Å². The molecular weight excluding hydrogens is 168 g/mol. The maximum Gasteiger partial charge on any atom is 2.00 e.